The first-order valence-electron chi connectivity index (χ1n) is 12.7. The molecule has 3 aliphatic carbocycles. The largest absolute Gasteiger partial charge is 0.508 e. The van der Waals surface area contributed by atoms with Gasteiger partial charge in [-0.1, -0.05) is 6.92 Å². The number of hydrogen-bond donors (Lipinski definition) is 6. The number of likely N-dealkylation sites (N-methyl/N-ethyl adjacent to an activating group) is 1. The van der Waals surface area contributed by atoms with Crippen LogP contribution in [0, 0.1) is 11.8 Å². The van der Waals surface area contributed by atoms with Crippen LogP contribution in [0.15, 0.2) is 23.0 Å². The molecule has 4 rings (SSSR count). The Labute approximate surface area is 221 Å². The summed E-state index contributed by atoms with van der Waals surface area (Å²) in [6.45, 7) is 3.06. The third kappa shape index (κ3) is 3.88. The van der Waals surface area contributed by atoms with E-state index in [1.54, 1.807) is 14.1 Å². The second-order valence-corrected chi connectivity index (χ2v) is 10.8. The topological polar surface area (TPSA) is 177 Å². The fourth-order valence-corrected chi connectivity index (χ4v) is 6.28. The molecule has 1 saturated carbocycles. The van der Waals surface area contributed by atoms with Gasteiger partial charge in [0.15, 0.2) is 11.4 Å². The van der Waals surface area contributed by atoms with Gasteiger partial charge in [0.2, 0.25) is 5.78 Å². The number of hydrogen-bond acceptors (Lipinski definition) is 10. The van der Waals surface area contributed by atoms with Gasteiger partial charge in [-0.3, -0.25) is 19.3 Å². The zero-order valence-electron chi connectivity index (χ0n) is 22.3. The van der Waals surface area contributed by atoms with Crippen molar-refractivity contribution in [1.29, 1.82) is 0 Å². The highest BCUT2D eigenvalue weighted by molar-refractivity contribution is 6.24. The predicted molar refractivity (Wildman–Crippen MR) is 141 cm³/mol. The zero-order valence-corrected chi connectivity index (χ0v) is 22.3. The van der Waals surface area contributed by atoms with E-state index in [1.165, 1.54) is 4.90 Å². The lowest BCUT2D eigenvalue weighted by atomic mass is 9.57. The van der Waals surface area contributed by atoms with Crippen molar-refractivity contribution in [3.63, 3.8) is 0 Å². The zero-order chi connectivity index (χ0) is 28.3. The van der Waals surface area contributed by atoms with Crippen molar-refractivity contribution in [2.24, 2.45) is 17.6 Å². The number of nitrogens with one attached hydrogen (secondary N) is 1. The number of nitrogens with zero attached hydrogens (tertiary/aromatic N) is 2. The maximum atomic E-state index is 14.0. The molecule has 11 heteroatoms. The second kappa shape index (κ2) is 9.72. The summed E-state index contributed by atoms with van der Waals surface area (Å²) >= 11 is 0. The van der Waals surface area contributed by atoms with Gasteiger partial charge in [0.05, 0.1) is 11.6 Å². The minimum atomic E-state index is -2.65. The average Bonchev–Trinajstić information content (AvgIpc) is 2.82. The normalized spacial score (nSPS) is 26.9. The number of carbonyl (C=O) groups is 3. The first-order valence-corrected chi connectivity index (χ1v) is 12.7. The van der Waals surface area contributed by atoms with Gasteiger partial charge < -0.3 is 36.4 Å². The number of phenolic OH excluding ortho intramolecular Hbond substituents is 1. The molecule has 11 nitrogen and oxygen atoms in total. The molecule has 0 heterocycles. The first-order chi connectivity index (χ1) is 17.8. The molecule has 0 saturated heterocycles. The van der Waals surface area contributed by atoms with Crippen LogP contribution in [0.5, 0.6) is 5.75 Å². The number of ketones is 2. The van der Waals surface area contributed by atoms with Gasteiger partial charge >= 0.3 is 0 Å². The molecule has 0 bridgehead atoms. The summed E-state index contributed by atoms with van der Waals surface area (Å²) in [7, 11) is 6.83. The fraction of sp³-hybridized carbons (Fsp3) is 0.519. The molecule has 1 amide bonds. The molecule has 0 spiro atoms. The highest BCUT2D eigenvalue weighted by Gasteiger charge is 2.64. The van der Waals surface area contributed by atoms with E-state index in [0.29, 0.717) is 17.7 Å². The smallest absolute Gasteiger partial charge is 0.255 e. The van der Waals surface area contributed by atoms with Crippen LogP contribution in [-0.4, -0.2) is 89.2 Å². The number of carbonyl (C=O) groups excluding carboxylic acids is 3. The maximum absolute atomic E-state index is 14.0. The van der Waals surface area contributed by atoms with E-state index in [1.807, 2.05) is 32.0 Å². The van der Waals surface area contributed by atoms with Crippen molar-refractivity contribution in [3.05, 3.63) is 39.7 Å². The third-order valence-electron chi connectivity index (χ3n) is 8.00. The number of rotatable bonds is 7. The van der Waals surface area contributed by atoms with Gasteiger partial charge in [-0.15, -0.1) is 0 Å². The summed E-state index contributed by atoms with van der Waals surface area (Å²) in [5.74, 6) is -6.52. The number of nitrogens with two attached hydrogens (primary N) is 1. The van der Waals surface area contributed by atoms with Crippen LogP contribution in [0.25, 0.3) is 5.76 Å². The Bertz CT molecular complexity index is 1280. The number of amides is 1. The highest BCUT2D eigenvalue weighted by Crippen LogP contribution is 2.54. The fourth-order valence-electron chi connectivity index (χ4n) is 6.28. The summed E-state index contributed by atoms with van der Waals surface area (Å²) in [6.07, 6.45) is 1.19. The average molecular weight is 529 g/mol. The van der Waals surface area contributed by atoms with Crippen molar-refractivity contribution >= 4 is 28.9 Å². The predicted octanol–water partition coefficient (Wildman–Crippen LogP) is 0.530. The lowest BCUT2D eigenvalue weighted by molar-refractivity contribution is -0.153. The summed E-state index contributed by atoms with van der Waals surface area (Å²) in [5, 5.41) is 48.6. The van der Waals surface area contributed by atoms with Crippen molar-refractivity contribution in [2.45, 2.75) is 44.4 Å². The molecule has 0 unspecified atom stereocenters. The van der Waals surface area contributed by atoms with E-state index in [0.717, 1.165) is 18.7 Å². The summed E-state index contributed by atoms with van der Waals surface area (Å²) in [4.78, 5) is 42.6. The summed E-state index contributed by atoms with van der Waals surface area (Å²) in [6, 6.07) is 0.734. The molecular weight excluding hydrogens is 492 g/mol. The Morgan fingerprint density at radius 1 is 1.18 bits per heavy atom. The van der Waals surface area contributed by atoms with Gasteiger partial charge in [0.1, 0.15) is 22.8 Å². The molecule has 1 aromatic rings. The number of primary amides is 1. The maximum Gasteiger partial charge on any atom is 0.255 e. The molecule has 0 aliphatic heterocycles. The highest BCUT2D eigenvalue weighted by atomic mass is 16.3. The van der Waals surface area contributed by atoms with Crippen molar-refractivity contribution in [1.82, 2.24) is 10.2 Å². The molecule has 0 radical (unpaired) electrons. The number of aliphatic hydroxyl groups excluding tert-OH is 2. The number of aromatic hydroxyl groups is 1. The summed E-state index contributed by atoms with van der Waals surface area (Å²) < 4.78 is 0. The van der Waals surface area contributed by atoms with E-state index < -0.39 is 58.0 Å². The van der Waals surface area contributed by atoms with Gasteiger partial charge in [-0.25, -0.2) is 0 Å². The van der Waals surface area contributed by atoms with E-state index in [9.17, 15) is 34.8 Å². The molecule has 3 aliphatic rings. The minimum absolute atomic E-state index is 0.0548. The van der Waals surface area contributed by atoms with Crippen molar-refractivity contribution < 1.29 is 34.8 Å². The van der Waals surface area contributed by atoms with Crippen LogP contribution >= 0.6 is 0 Å². The second-order valence-electron chi connectivity index (χ2n) is 10.8. The van der Waals surface area contributed by atoms with E-state index in [4.69, 9.17) is 5.73 Å². The van der Waals surface area contributed by atoms with Crippen LogP contribution in [0.4, 0.5) is 5.69 Å². The molecule has 7 N–H and O–H groups in total. The number of Topliss-reactive ketones (excluding diaryl/α,β-unsaturated/α-hetero) is 2. The van der Waals surface area contributed by atoms with Crippen LogP contribution in [0.1, 0.15) is 36.5 Å². The SMILES string of the molecule is CCCNCc1cc(N(C)C)c2c(c1O)C(O)=C1C(=O)[C@]3(O)C(O)=C(C(N)=O)C(=O)[C@H](N(C)C)[C@@H]3C[C@@H]1C2. The third-order valence-corrected chi connectivity index (χ3v) is 8.00. The van der Waals surface area contributed by atoms with E-state index in [2.05, 4.69) is 5.32 Å². The van der Waals surface area contributed by atoms with Crippen LogP contribution < -0.4 is 16.0 Å². The molecule has 0 aromatic heterocycles. The van der Waals surface area contributed by atoms with Crippen molar-refractivity contribution in [2.75, 3.05) is 39.6 Å². The van der Waals surface area contributed by atoms with Crippen LogP contribution in [-0.2, 0) is 27.3 Å². The molecule has 4 atom stereocenters. The number of phenols is 1. The van der Waals surface area contributed by atoms with Gasteiger partial charge in [0, 0.05) is 43.4 Å². The number of anilines is 1. The van der Waals surface area contributed by atoms with Crippen molar-refractivity contribution in [3.8, 4) is 5.75 Å². The Hall–Kier alpha value is -3.41. The summed E-state index contributed by atoms with van der Waals surface area (Å²) in [5.41, 5.74) is 3.76. The Morgan fingerprint density at radius 2 is 1.84 bits per heavy atom. The Kier molecular flexibility index (Phi) is 7.06. The molecular formula is C27H36N4O7. The molecule has 1 fully saturated rings. The quantitative estimate of drug-likeness (QED) is 0.216. The van der Waals surface area contributed by atoms with E-state index in [-0.39, 0.29) is 29.7 Å². The minimum Gasteiger partial charge on any atom is -0.508 e. The van der Waals surface area contributed by atoms with Crippen LogP contribution in [0.2, 0.25) is 0 Å². The standard InChI is InChI=1S/C27H36N4O7/c1-6-7-29-11-13-10-16(30(2)3)14-8-12-9-15-20(31(4)5)23(34)19(26(28)37)25(36)27(15,38)24(35)17(12)22(33)18(14)21(13)32/h10,12,15,20,29,32-33,36,38H,6-9,11H2,1-5H3,(H2,28,37)/t12-,15-,20+,27-/m0/s1. The number of fused-ring (bicyclic) bond motifs is 3. The van der Waals surface area contributed by atoms with E-state index >= 15 is 0 Å². The van der Waals surface area contributed by atoms with Gasteiger partial charge in [0.25, 0.3) is 5.91 Å². The number of aliphatic hydroxyl groups is 3. The first kappa shape index (κ1) is 27.6. The van der Waals surface area contributed by atoms with Crippen LogP contribution in [0.3, 0.4) is 0 Å². The lowest BCUT2D eigenvalue weighted by Gasteiger charge is -2.50. The number of benzene rings is 1. The Balaban J connectivity index is 1.95. The molecule has 38 heavy (non-hydrogen) atoms. The molecule has 1 aromatic carbocycles. The monoisotopic (exact) mass is 528 g/mol. The molecule has 206 valence electrons. The lowest BCUT2D eigenvalue weighted by Crippen LogP contribution is -2.65. The van der Waals surface area contributed by atoms with Gasteiger partial charge in [-0.2, -0.15) is 0 Å². The van der Waals surface area contributed by atoms with Gasteiger partial charge in [-0.05, 0) is 57.5 Å². The Morgan fingerprint density at radius 3 is 2.39 bits per heavy atom.